The summed E-state index contributed by atoms with van der Waals surface area (Å²) in [5.41, 5.74) is 2.51. The van der Waals surface area contributed by atoms with Gasteiger partial charge in [-0.05, 0) is 142 Å². The Labute approximate surface area is 532 Å². The van der Waals surface area contributed by atoms with E-state index in [1.165, 1.54) is 58.7 Å². The third kappa shape index (κ3) is 25.0. The van der Waals surface area contributed by atoms with Crippen LogP contribution < -0.4 is 0 Å². The number of aliphatic hydroxyl groups excluding tert-OH is 2. The molecule has 0 amide bonds. The van der Waals surface area contributed by atoms with Crippen molar-refractivity contribution in [2.75, 3.05) is 62.0 Å². The molecule has 2 aliphatic carbocycles. The molecule has 8 atom stereocenters. The minimum Gasteiger partial charge on any atom is -0.468 e. The smallest absolute Gasteiger partial charge is 0.315 e. The number of allylic oxidation sites excluding steroid dienone is 2. The number of benzene rings is 4. The zero-order valence-electron chi connectivity index (χ0n) is 53.1. The fraction of sp³-hybridized carbons (Fsp3) is 0.594. The van der Waals surface area contributed by atoms with Crippen LogP contribution in [0.3, 0.4) is 0 Å². The zero-order valence-corrected chi connectivity index (χ0v) is 58.4. The molecule has 0 spiro atoms. The normalized spacial score (nSPS) is 20.0. The molecule has 85 heavy (non-hydrogen) atoms. The van der Waals surface area contributed by atoms with Crippen molar-refractivity contribution < 1.29 is 47.7 Å². The van der Waals surface area contributed by atoms with Crippen molar-refractivity contribution in [1.82, 2.24) is 0 Å². The predicted molar refractivity (Wildman–Crippen MR) is 373 cm³/mol. The van der Waals surface area contributed by atoms with E-state index in [1.54, 1.807) is 41.4 Å². The number of hydrogen-bond donors (Lipinski definition) is 2. The average molecular weight is 1280 g/mol. The summed E-state index contributed by atoms with van der Waals surface area (Å²) < 4.78 is 23.2. The number of thioether (sulfide) groups is 4. The Bertz CT molecular complexity index is 2720. The highest BCUT2D eigenvalue weighted by atomic mass is 32.2. The van der Waals surface area contributed by atoms with E-state index in [0.29, 0.717) is 43.2 Å². The van der Waals surface area contributed by atoms with Crippen LogP contribution in [-0.2, 0) is 50.3 Å². The first-order valence-electron chi connectivity index (χ1n) is 30.4. The lowest BCUT2D eigenvalue weighted by Gasteiger charge is -2.39. The van der Waals surface area contributed by atoms with E-state index < -0.39 is 22.7 Å². The SMILES string of the molecule is C.CC.COC(=O)CSCCCS[C@H]1C(=O)C[C@@H](CO)[C@@H]1/C=C/C(O)CCc1ccc2ccccc2c1.COC(=O)CSCCCS[C@H]1C(=O)C[C@@H](CO[Si](C)(C)C(C)(C)C)[C@@H]1/C=C/C(CCc1ccc2ccccc2c1)O[Si](C)(C)C(C)(C)C. The molecule has 2 saturated carbocycles. The molecule has 0 heterocycles. The fourth-order valence-electron chi connectivity index (χ4n) is 9.70. The third-order valence-electron chi connectivity index (χ3n) is 16.8. The van der Waals surface area contributed by atoms with Crippen LogP contribution in [0.2, 0.25) is 36.3 Å². The first kappa shape index (κ1) is 76.1. The van der Waals surface area contributed by atoms with Gasteiger partial charge in [-0.1, -0.05) is 172 Å². The molecule has 6 rings (SSSR count). The summed E-state index contributed by atoms with van der Waals surface area (Å²) in [7, 11) is -1.22. The number of Topliss-reactive ketones (excluding diaryl/α,β-unsaturated/α-hetero) is 2. The molecule has 0 saturated heterocycles. The summed E-state index contributed by atoms with van der Waals surface area (Å²) >= 11 is 6.53. The lowest BCUT2D eigenvalue weighted by molar-refractivity contribution is -0.138. The van der Waals surface area contributed by atoms with Crippen LogP contribution in [0.15, 0.2) is 109 Å². The lowest BCUT2D eigenvalue weighted by Crippen LogP contribution is -2.43. The second-order valence-electron chi connectivity index (χ2n) is 25.0. The second kappa shape index (κ2) is 37.7. The summed E-state index contributed by atoms with van der Waals surface area (Å²) in [6.07, 6.45) is 13.7. The molecule has 2 aliphatic rings. The van der Waals surface area contributed by atoms with Crippen LogP contribution in [0.25, 0.3) is 21.5 Å². The van der Waals surface area contributed by atoms with Crippen molar-refractivity contribution >= 4 is 109 Å². The van der Waals surface area contributed by atoms with Crippen LogP contribution in [0.4, 0.5) is 0 Å². The topological polar surface area (TPSA) is 146 Å². The molecule has 2 N–H and O–H groups in total. The molecule has 0 aromatic heterocycles. The van der Waals surface area contributed by atoms with Gasteiger partial charge in [0.2, 0.25) is 0 Å². The van der Waals surface area contributed by atoms with Crippen molar-refractivity contribution in [2.24, 2.45) is 23.7 Å². The van der Waals surface area contributed by atoms with E-state index in [2.05, 4.69) is 157 Å². The molecule has 2 unspecified atom stereocenters. The molecular weight excluding hydrogens is 1170 g/mol. The molecule has 4 aromatic rings. The Morgan fingerprint density at radius 1 is 0.624 bits per heavy atom. The minimum absolute atomic E-state index is 0. The Morgan fingerprint density at radius 3 is 1.52 bits per heavy atom. The van der Waals surface area contributed by atoms with E-state index in [9.17, 15) is 29.4 Å². The van der Waals surface area contributed by atoms with Gasteiger partial charge in [0, 0.05) is 37.9 Å². The highest BCUT2D eigenvalue weighted by Crippen LogP contribution is 2.44. The van der Waals surface area contributed by atoms with Gasteiger partial charge in [0.1, 0.15) is 11.6 Å². The fourth-order valence-corrected chi connectivity index (χ4v) is 16.8. The van der Waals surface area contributed by atoms with E-state index in [4.69, 9.17) is 13.6 Å². The maximum Gasteiger partial charge on any atom is 0.315 e. The van der Waals surface area contributed by atoms with Crippen molar-refractivity contribution in [1.29, 1.82) is 0 Å². The predicted octanol–water partition coefficient (Wildman–Crippen LogP) is 16.3. The van der Waals surface area contributed by atoms with Crippen molar-refractivity contribution in [3.63, 3.8) is 0 Å². The number of aliphatic hydroxyl groups is 2. The van der Waals surface area contributed by atoms with E-state index >= 15 is 0 Å². The maximum atomic E-state index is 13.6. The Kier molecular flexibility index (Phi) is 33.8. The van der Waals surface area contributed by atoms with Crippen molar-refractivity contribution in [2.45, 2.75) is 173 Å². The van der Waals surface area contributed by atoms with E-state index in [1.807, 2.05) is 32.1 Å². The van der Waals surface area contributed by atoms with Gasteiger partial charge < -0.3 is 28.5 Å². The molecule has 0 aliphatic heterocycles. The molecule has 10 nitrogen and oxygen atoms in total. The van der Waals surface area contributed by atoms with Gasteiger partial charge in [-0.3, -0.25) is 19.2 Å². The summed E-state index contributed by atoms with van der Waals surface area (Å²) in [5, 5.41) is 25.2. The second-order valence-corrected chi connectivity index (χ2v) is 39.3. The summed E-state index contributed by atoms with van der Waals surface area (Å²) in [5.74, 6) is 4.31. The quantitative estimate of drug-likeness (QED) is 0.0221. The average Bonchev–Trinajstić information content (AvgIpc) is 2.92. The molecule has 16 heteroatoms. The van der Waals surface area contributed by atoms with Crippen molar-refractivity contribution in [3.8, 4) is 0 Å². The molecule has 474 valence electrons. The number of aryl methyl sites for hydroxylation is 2. The number of carbonyl (C=O) groups excluding carboxylic acids is 4. The van der Waals surface area contributed by atoms with E-state index in [-0.39, 0.29) is 82.1 Å². The first-order chi connectivity index (χ1) is 39.9. The Morgan fingerprint density at radius 2 is 1.06 bits per heavy atom. The largest absolute Gasteiger partial charge is 0.468 e. The number of ketones is 2. The monoisotopic (exact) mass is 1280 g/mol. The van der Waals surface area contributed by atoms with Crippen LogP contribution in [0.1, 0.15) is 112 Å². The summed E-state index contributed by atoms with van der Waals surface area (Å²) in [4.78, 5) is 48.8. The maximum absolute atomic E-state index is 13.6. The first-order valence-corrected chi connectivity index (χ1v) is 40.6. The summed E-state index contributed by atoms with van der Waals surface area (Å²) in [6.45, 7) is 27.5. The molecular formula is C69H106O10S4Si2. The van der Waals surface area contributed by atoms with E-state index in [0.717, 1.165) is 55.1 Å². The molecule has 0 radical (unpaired) electrons. The number of carbonyl (C=O) groups is 4. The molecule has 4 aromatic carbocycles. The van der Waals surface area contributed by atoms with Crippen LogP contribution in [-0.4, -0.2) is 135 Å². The standard InChI is InChI=1S/C39H62O5S2Si2.C27H34O5S2.C2H6.CH4/c1-38(2,3)47(8,9)43-27-32-26-35(40)37(46-24-14-23-45-28-36(41)42-7)34(32)22-21-33(44-48(10,11)39(4,5)6)20-18-29-17-19-30-15-12-13-16-31(30)25-29;1-32-26(31)18-33-13-4-14-34-27-24(22(17-28)16-25(27)30)12-11-23(29)10-8-19-7-9-20-5-2-3-6-21(20)15-19;1-2;/h12-13,15-17,19,21-22,25,32-34,37H,14,18,20,23-24,26-28H2,1-11H3;2-3,5-7,9,11-12,15,22-24,27-29H,4,8,10,13-14,16-18H2,1H3;1-2H3;1H4/b22-21+;12-11+;;/t32-,33?,34-,37+;22-,23?,24-,27+;;/m00../s1. The number of fused-ring (bicyclic) bond motifs is 2. The highest BCUT2D eigenvalue weighted by Gasteiger charge is 2.45. The lowest BCUT2D eigenvalue weighted by atomic mass is 9.95. The van der Waals surface area contributed by atoms with Gasteiger partial charge in [0.15, 0.2) is 16.6 Å². The number of ether oxygens (including phenoxy) is 2. The number of rotatable bonds is 30. The molecule has 2 fully saturated rings. The van der Waals surface area contributed by atoms with Gasteiger partial charge in [-0.25, -0.2) is 0 Å². The minimum atomic E-state index is -2.06. The van der Waals surface area contributed by atoms with Crippen molar-refractivity contribution in [3.05, 3.63) is 120 Å². The third-order valence-corrected chi connectivity index (χ3v) is 30.8. The van der Waals surface area contributed by atoms with Gasteiger partial charge in [-0.2, -0.15) is 23.5 Å². The zero-order chi connectivity index (χ0) is 62.1. The summed E-state index contributed by atoms with van der Waals surface area (Å²) in [6, 6.07) is 29.9. The van der Waals surface area contributed by atoms with Crippen LogP contribution in [0, 0.1) is 23.7 Å². The number of methoxy groups -OCH3 is 2. The molecule has 0 bridgehead atoms. The Balaban J connectivity index is 0.000000450. The van der Waals surface area contributed by atoms with Gasteiger partial charge in [0.05, 0.1) is 48.4 Å². The Hall–Kier alpha value is -3.17. The highest BCUT2D eigenvalue weighted by molar-refractivity contribution is 8.01. The number of hydrogen-bond acceptors (Lipinski definition) is 14. The van der Waals surface area contributed by atoms with Gasteiger partial charge >= 0.3 is 11.9 Å². The van der Waals surface area contributed by atoms with Gasteiger partial charge in [-0.15, -0.1) is 23.5 Å². The number of esters is 2. The van der Waals surface area contributed by atoms with Crippen LogP contribution in [0.5, 0.6) is 0 Å². The van der Waals surface area contributed by atoms with Gasteiger partial charge in [0.25, 0.3) is 0 Å². The van der Waals surface area contributed by atoms with Crippen LogP contribution >= 0.6 is 47.0 Å².